The van der Waals surface area contributed by atoms with Gasteiger partial charge in [0, 0.05) is 35.9 Å². The SMILES string of the molecule is Cc1ccc(F)c2cc(C(=O)Nc3cccc(N4CCCC(N)C4)c3)[nH]c12. The number of nitrogens with two attached hydrogens (primary N) is 1. The van der Waals surface area contributed by atoms with E-state index in [2.05, 4.69) is 15.2 Å². The molecule has 1 amide bonds. The van der Waals surface area contributed by atoms with Crippen LogP contribution in [-0.4, -0.2) is 30.0 Å². The average Bonchev–Trinajstić information content (AvgIpc) is 3.12. The van der Waals surface area contributed by atoms with Crippen molar-refractivity contribution in [1.29, 1.82) is 0 Å². The number of anilines is 2. The molecule has 1 aromatic heterocycles. The van der Waals surface area contributed by atoms with Gasteiger partial charge in [-0.25, -0.2) is 4.39 Å². The Kier molecular flexibility index (Phi) is 4.58. The van der Waals surface area contributed by atoms with Gasteiger partial charge in [-0.3, -0.25) is 4.79 Å². The van der Waals surface area contributed by atoms with E-state index in [0.29, 0.717) is 22.3 Å². The molecular weight excluding hydrogens is 343 g/mol. The maximum absolute atomic E-state index is 14.0. The van der Waals surface area contributed by atoms with Crippen LogP contribution < -0.4 is 16.0 Å². The van der Waals surface area contributed by atoms with Gasteiger partial charge in [0.25, 0.3) is 5.91 Å². The normalized spacial score (nSPS) is 17.3. The number of hydrogen-bond acceptors (Lipinski definition) is 3. The van der Waals surface area contributed by atoms with Crippen LogP contribution in [0.2, 0.25) is 0 Å². The van der Waals surface area contributed by atoms with Gasteiger partial charge in [-0.05, 0) is 55.7 Å². The molecule has 0 saturated carbocycles. The quantitative estimate of drug-likeness (QED) is 0.660. The first-order chi connectivity index (χ1) is 13.0. The molecule has 140 valence electrons. The summed E-state index contributed by atoms with van der Waals surface area (Å²) in [6, 6.07) is 12.6. The minimum absolute atomic E-state index is 0.182. The van der Waals surface area contributed by atoms with E-state index in [9.17, 15) is 9.18 Å². The van der Waals surface area contributed by atoms with Gasteiger partial charge in [-0.1, -0.05) is 12.1 Å². The number of nitrogens with zero attached hydrogens (tertiary/aromatic N) is 1. The zero-order chi connectivity index (χ0) is 19.0. The number of H-pyrrole nitrogens is 1. The van der Waals surface area contributed by atoms with Crippen LogP contribution in [0.3, 0.4) is 0 Å². The largest absolute Gasteiger partial charge is 0.370 e. The smallest absolute Gasteiger partial charge is 0.272 e. The highest BCUT2D eigenvalue weighted by atomic mass is 19.1. The highest BCUT2D eigenvalue weighted by Crippen LogP contribution is 2.25. The molecule has 4 rings (SSSR count). The van der Waals surface area contributed by atoms with E-state index in [1.165, 1.54) is 6.07 Å². The van der Waals surface area contributed by atoms with Crippen molar-refractivity contribution < 1.29 is 9.18 Å². The molecule has 27 heavy (non-hydrogen) atoms. The van der Waals surface area contributed by atoms with E-state index in [-0.39, 0.29) is 17.8 Å². The molecule has 1 atom stereocenters. The van der Waals surface area contributed by atoms with Crippen molar-refractivity contribution in [3.63, 3.8) is 0 Å². The number of aryl methyl sites for hydroxylation is 1. The number of piperidine rings is 1. The van der Waals surface area contributed by atoms with Crippen molar-refractivity contribution in [2.45, 2.75) is 25.8 Å². The second kappa shape index (κ2) is 7.04. The number of halogens is 1. The van der Waals surface area contributed by atoms with Gasteiger partial charge in [0.15, 0.2) is 0 Å². The van der Waals surface area contributed by atoms with E-state index < -0.39 is 0 Å². The van der Waals surface area contributed by atoms with Gasteiger partial charge < -0.3 is 20.9 Å². The molecule has 1 saturated heterocycles. The molecule has 1 aliphatic rings. The first-order valence-corrected chi connectivity index (χ1v) is 9.21. The maximum atomic E-state index is 14.0. The van der Waals surface area contributed by atoms with E-state index >= 15 is 0 Å². The number of fused-ring (bicyclic) bond motifs is 1. The zero-order valence-corrected chi connectivity index (χ0v) is 15.3. The Balaban J connectivity index is 1.55. The summed E-state index contributed by atoms with van der Waals surface area (Å²) in [5.74, 6) is -0.633. The summed E-state index contributed by atoms with van der Waals surface area (Å²) in [6.07, 6.45) is 2.11. The predicted octanol–water partition coefficient (Wildman–Crippen LogP) is 3.80. The van der Waals surface area contributed by atoms with E-state index in [0.717, 1.165) is 37.2 Å². The molecule has 4 N–H and O–H groups in total. The van der Waals surface area contributed by atoms with Crippen LogP contribution >= 0.6 is 0 Å². The first kappa shape index (κ1) is 17.5. The molecule has 1 unspecified atom stereocenters. The summed E-state index contributed by atoms with van der Waals surface area (Å²) < 4.78 is 14.0. The second-order valence-corrected chi connectivity index (χ2v) is 7.19. The van der Waals surface area contributed by atoms with Crippen molar-refractivity contribution in [3.05, 3.63) is 59.5 Å². The molecule has 0 spiro atoms. The predicted molar refractivity (Wildman–Crippen MR) is 107 cm³/mol. The van der Waals surface area contributed by atoms with Gasteiger partial charge in [-0.2, -0.15) is 0 Å². The number of rotatable bonds is 3. The fourth-order valence-corrected chi connectivity index (χ4v) is 3.67. The number of carbonyl (C=O) groups excluding carboxylic acids is 1. The number of amides is 1. The minimum atomic E-state index is -0.339. The number of nitrogens with one attached hydrogen (secondary N) is 2. The summed E-state index contributed by atoms with van der Waals surface area (Å²) in [6.45, 7) is 3.66. The number of carbonyl (C=O) groups is 1. The first-order valence-electron chi connectivity index (χ1n) is 9.21. The van der Waals surface area contributed by atoms with Crippen molar-refractivity contribution in [1.82, 2.24) is 4.98 Å². The molecule has 6 heteroatoms. The lowest BCUT2D eigenvalue weighted by atomic mass is 10.1. The summed E-state index contributed by atoms with van der Waals surface area (Å²) in [5, 5.41) is 3.33. The Labute approximate surface area is 157 Å². The van der Waals surface area contributed by atoms with Crippen LogP contribution in [0.25, 0.3) is 10.9 Å². The molecule has 0 radical (unpaired) electrons. The molecule has 2 heterocycles. The molecule has 2 aromatic carbocycles. The van der Waals surface area contributed by atoms with Crippen LogP contribution in [0, 0.1) is 12.7 Å². The Morgan fingerprint density at radius 2 is 2.15 bits per heavy atom. The standard InChI is InChI=1S/C21H23FN4O/c1-13-7-8-18(22)17-11-19(25-20(13)17)21(27)24-15-5-2-6-16(10-15)26-9-3-4-14(23)12-26/h2,5-8,10-11,14,25H,3-4,9,12,23H2,1H3,(H,24,27). The molecule has 1 aliphatic heterocycles. The fourth-order valence-electron chi connectivity index (χ4n) is 3.67. The molecular formula is C21H23FN4O. The maximum Gasteiger partial charge on any atom is 0.272 e. The topological polar surface area (TPSA) is 74.2 Å². The Hall–Kier alpha value is -2.86. The van der Waals surface area contributed by atoms with Crippen LogP contribution in [0.1, 0.15) is 28.9 Å². The van der Waals surface area contributed by atoms with Gasteiger partial charge in [0.05, 0.1) is 5.52 Å². The summed E-state index contributed by atoms with van der Waals surface area (Å²) >= 11 is 0. The second-order valence-electron chi connectivity index (χ2n) is 7.19. The molecule has 0 aliphatic carbocycles. The number of hydrogen-bond donors (Lipinski definition) is 3. The average molecular weight is 366 g/mol. The Morgan fingerprint density at radius 3 is 2.93 bits per heavy atom. The molecule has 1 fully saturated rings. The van der Waals surface area contributed by atoms with Gasteiger partial charge in [0.1, 0.15) is 11.5 Å². The van der Waals surface area contributed by atoms with Crippen LogP contribution in [0.4, 0.5) is 15.8 Å². The minimum Gasteiger partial charge on any atom is -0.370 e. The summed E-state index contributed by atoms with van der Waals surface area (Å²) in [5.41, 5.74) is 9.70. The van der Waals surface area contributed by atoms with Crippen molar-refractivity contribution in [2.24, 2.45) is 5.73 Å². The van der Waals surface area contributed by atoms with Crippen molar-refractivity contribution in [3.8, 4) is 0 Å². The highest BCUT2D eigenvalue weighted by Gasteiger charge is 2.18. The van der Waals surface area contributed by atoms with E-state index in [1.807, 2.05) is 31.2 Å². The van der Waals surface area contributed by atoms with Gasteiger partial charge in [0.2, 0.25) is 0 Å². The van der Waals surface area contributed by atoms with Crippen molar-refractivity contribution >= 4 is 28.2 Å². The summed E-state index contributed by atoms with van der Waals surface area (Å²) in [7, 11) is 0. The number of benzene rings is 2. The van der Waals surface area contributed by atoms with Gasteiger partial charge in [-0.15, -0.1) is 0 Å². The Bertz CT molecular complexity index is 958. The van der Waals surface area contributed by atoms with Crippen LogP contribution in [0.5, 0.6) is 0 Å². The van der Waals surface area contributed by atoms with E-state index in [4.69, 9.17) is 5.73 Å². The number of aromatic nitrogens is 1. The van der Waals surface area contributed by atoms with Crippen LogP contribution in [-0.2, 0) is 0 Å². The lowest BCUT2D eigenvalue weighted by molar-refractivity contribution is 0.102. The monoisotopic (exact) mass is 366 g/mol. The fraction of sp³-hybridized carbons (Fsp3) is 0.286. The third-order valence-electron chi connectivity index (χ3n) is 5.12. The highest BCUT2D eigenvalue weighted by molar-refractivity contribution is 6.06. The number of aromatic amines is 1. The van der Waals surface area contributed by atoms with E-state index in [1.54, 1.807) is 12.1 Å². The zero-order valence-electron chi connectivity index (χ0n) is 15.3. The lowest BCUT2D eigenvalue weighted by Crippen LogP contribution is -2.42. The molecule has 0 bridgehead atoms. The molecule has 5 nitrogen and oxygen atoms in total. The molecule has 3 aromatic rings. The van der Waals surface area contributed by atoms with Crippen molar-refractivity contribution in [2.75, 3.05) is 23.3 Å². The Morgan fingerprint density at radius 1 is 1.30 bits per heavy atom. The van der Waals surface area contributed by atoms with Crippen LogP contribution in [0.15, 0.2) is 42.5 Å². The lowest BCUT2D eigenvalue weighted by Gasteiger charge is -2.32. The summed E-state index contributed by atoms with van der Waals surface area (Å²) in [4.78, 5) is 17.9. The third-order valence-corrected chi connectivity index (χ3v) is 5.12. The van der Waals surface area contributed by atoms with Gasteiger partial charge >= 0.3 is 0 Å². The third kappa shape index (κ3) is 3.53.